The van der Waals surface area contributed by atoms with E-state index in [1.807, 2.05) is 54.6 Å². The number of furan rings is 1. The maximum Gasteiger partial charge on any atom is 0.197 e. The fraction of sp³-hybridized carbons (Fsp3) is 0.130. The van der Waals surface area contributed by atoms with Crippen molar-refractivity contribution in [2.75, 3.05) is 5.75 Å². The van der Waals surface area contributed by atoms with Crippen LogP contribution in [0.15, 0.2) is 70.2 Å². The van der Waals surface area contributed by atoms with Gasteiger partial charge in [0.15, 0.2) is 16.7 Å². The van der Waals surface area contributed by atoms with Gasteiger partial charge in [0.05, 0.1) is 17.4 Å². The lowest BCUT2D eigenvalue weighted by molar-refractivity contribution is -0.114. The maximum atomic E-state index is 11.1. The van der Waals surface area contributed by atoms with Crippen LogP contribution < -0.4 is 4.74 Å². The van der Waals surface area contributed by atoms with Crippen molar-refractivity contribution in [3.05, 3.63) is 71.8 Å². The van der Waals surface area contributed by atoms with Crippen LogP contribution in [0.25, 0.3) is 22.9 Å². The van der Waals surface area contributed by atoms with Crippen LogP contribution >= 0.6 is 11.8 Å². The molecular formula is C23H18N4O3S. The number of aromatic nitrogens is 3. The summed E-state index contributed by atoms with van der Waals surface area (Å²) in [6.07, 6.45) is 0. The zero-order valence-corrected chi connectivity index (χ0v) is 17.5. The number of rotatable bonds is 8. The molecule has 1 N–H and O–H groups in total. The lowest BCUT2D eigenvalue weighted by atomic mass is 10.1. The number of hydrogen-bond acceptors (Lipinski definition) is 7. The van der Waals surface area contributed by atoms with Crippen LogP contribution in [0.5, 0.6) is 5.75 Å². The highest BCUT2D eigenvalue weighted by Crippen LogP contribution is 2.30. The van der Waals surface area contributed by atoms with Crippen molar-refractivity contribution in [3.8, 4) is 34.7 Å². The minimum atomic E-state index is 0.0723. The number of Topliss-reactive ketones (excluding diaryl/α,β-unsaturated/α-hetero) is 1. The van der Waals surface area contributed by atoms with Crippen molar-refractivity contribution in [2.24, 2.45) is 0 Å². The fourth-order valence-electron chi connectivity index (χ4n) is 2.85. The number of ether oxygens (including phenoxy) is 1. The Morgan fingerprint density at radius 2 is 1.97 bits per heavy atom. The van der Waals surface area contributed by atoms with E-state index in [0.29, 0.717) is 46.2 Å². The Morgan fingerprint density at radius 3 is 2.81 bits per heavy atom. The lowest BCUT2D eigenvalue weighted by Gasteiger charge is -2.07. The normalized spacial score (nSPS) is 10.6. The van der Waals surface area contributed by atoms with E-state index in [-0.39, 0.29) is 5.78 Å². The summed E-state index contributed by atoms with van der Waals surface area (Å²) in [5, 5.41) is 17.7. The van der Waals surface area contributed by atoms with Gasteiger partial charge in [-0.3, -0.25) is 4.79 Å². The van der Waals surface area contributed by atoms with E-state index in [9.17, 15) is 4.79 Å². The molecule has 0 aliphatic heterocycles. The quantitative estimate of drug-likeness (QED) is 0.398. The SMILES string of the molecule is CC(=O)CSc1nnc(-c2ccc(-c3cccc(OCc4cccc(C#N)c4)c3)o2)[nH]1. The molecule has 0 aliphatic carbocycles. The number of carbonyl (C=O) groups is 1. The highest BCUT2D eigenvalue weighted by atomic mass is 32.2. The molecule has 0 aliphatic rings. The second-order valence-corrected chi connectivity index (χ2v) is 7.73. The van der Waals surface area contributed by atoms with Crippen molar-refractivity contribution < 1.29 is 13.9 Å². The number of hydrogen-bond donors (Lipinski definition) is 1. The summed E-state index contributed by atoms with van der Waals surface area (Å²) in [4.78, 5) is 14.2. The standard InChI is InChI=1S/C23H18N4O3S/c1-15(28)14-31-23-25-22(26-27-23)21-9-8-20(30-21)18-6-3-7-19(11-18)29-13-17-5-2-4-16(10-17)12-24/h2-11H,13-14H2,1H3,(H,25,26,27). The molecule has 0 fully saturated rings. The summed E-state index contributed by atoms with van der Waals surface area (Å²) in [5.74, 6) is 2.83. The summed E-state index contributed by atoms with van der Waals surface area (Å²) >= 11 is 1.30. The predicted octanol–water partition coefficient (Wildman–Crippen LogP) is 4.86. The molecule has 2 heterocycles. The Balaban J connectivity index is 1.45. The van der Waals surface area contributed by atoms with Crippen LogP contribution in [0.1, 0.15) is 18.1 Å². The number of nitrogens with one attached hydrogen (secondary N) is 1. The number of nitrogens with zero attached hydrogens (tertiary/aromatic N) is 3. The van der Waals surface area contributed by atoms with Gasteiger partial charge < -0.3 is 14.1 Å². The molecule has 4 rings (SSSR count). The summed E-state index contributed by atoms with van der Waals surface area (Å²) in [6.45, 7) is 1.89. The number of nitriles is 1. The molecule has 2 aromatic heterocycles. The third-order valence-corrected chi connectivity index (χ3v) is 5.31. The first-order valence-corrected chi connectivity index (χ1v) is 10.5. The van der Waals surface area contributed by atoms with Crippen molar-refractivity contribution in [2.45, 2.75) is 18.7 Å². The minimum absolute atomic E-state index is 0.0723. The van der Waals surface area contributed by atoms with E-state index in [4.69, 9.17) is 14.4 Å². The first-order valence-electron chi connectivity index (χ1n) is 9.48. The Hall–Kier alpha value is -3.83. The van der Waals surface area contributed by atoms with Gasteiger partial charge in [0.25, 0.3) is 0 Å². The first kappa shape index (κ1) is 20.4. The number of carbonyl (C=O) groups excluding carboxylic acids is 1. The van der Waals surface area contributed by atoms with E-state index < -0.39 is 0 Å². The fourth-order valence-corrected chi connectivity index (χ4v) is 3.46. The van der Waals surface area contributed by atoms with Crippen LogP contribution in [0, 0.1) is 11.3 Å². The van der Waals surface area contributed by atoms with Gasteiger partial charge in [-0.25, -0.2) is 0 Å². The van der Waals surface area contributed by atoms with Crippen molar-refractivity contribution in [1.29, 1.82) is 5.26 Å². The molecule has 31 heavy (non-hydrogen) atoms. The number of thioether (sulfide) groups is 1. The molecule has 2 aromatic carbocycles. The highest BCUT2D eigenvalue weighted by molar-refractivity contribution is 7.99. The molecular weight excluding hydrogens is 412 g/mol. The summed E-state index contributed by atoms with van der Waals surface area (Å²) in [6, 6.07) is 20.7. The van der Waals surface area contributed by atoms with Gasteiger partial charge in [-0.05, 0) is 48.9 Å². The average molecular weight is 430 g/mol. The third-order valence-electron chi connectivity index (χ3n) is 4.30. The smallest absolute Gasteiger partial charge is 0.197 e. The van der Waals surface area contributed by atoms with Crippen LogP contribution in [0.2, 0.25) is 0 Å². The molecule has 8 heteroatoms. The molecule has 0 radical (unpaired) electrons. The lowest BCUT2D eigenvalue weighted by Crippen LogP contribution is -1.95. The van der Waals surface area contributed by atoms with E-state index >= 15 is 0 Å². The number of aromatic amines is 1. The van der Waals surface area contributed by atoms with E-state index in [1.54, 1.807) is 6.07 Å². The third kappa shape index (κ3) is 5.21. The Morgan fingerprint density at radius 1 is 1.13 bits per heavy atom. The largest absolute Gasteiger partial charge is 0.489 e. The monoisotopic (exact) mass is 430 g/mol. The molecule has 0 amide bonds. The molecule has 0 bridgehead atoms. The van der Waals surface area contributed by atoms with Gasteiger partial charge >= 0.3 is 0 Å². The second kappa shape index (κ2) is 9.32. The number of H-pyrrole nitrogens is 1. The Bertz CT molecular complexity index is 1260. The highest BCUT2D eigenvalue weighted by Gasteiger charge is 2.12. The van der Waals surface area contributed by atoms with Gasteiger partial charge in [-0.1, -0.05) is 36.0 Å². The molecule has 0 spiro atoms. The van der Waals surface area contributed by atoms with Gasteiger partial charge in [0.2, 0.25) is 0 Å². The maximum absolute atomic E-state index is 11.1. The van der Waals surface area contributed by atoms with Crippen LogP contribution in [0.3, 0.4) is 0 Å². The summed E-state index contributed by atoms with van der Waals surface area (Å²) < 4.78 is 11.8. The zero-order valence-electron chi connectivity index (χ0n) is 16.7. The summed E-state index contributed by atoms with van der Waals surface area (Å²) in [7, 11) is 0. The average Bonchev–Trinajstić information content (AvgIpc) is 3.46. The molecule has 0 unspecified atom stereocenters. The number of ketones is 1. The topological polar surface area (TPSA) is 105 Å². The molecule has 154 valence electrons. The number of benzene rings is 2. The van der Waals surface area contributed by atoms with E-state index in [2.05, 4.69) is 21.3 Å². The Kier molecular flexibility index (Phi) is 6.15. The van der Waals surface area contributed by atoms with Gasteiger partial charge in [0, 0.05) is 5.56 Å². The van der Waals surface area contributed by atoms with E-state index in [0.717, 1.165) is 11.1 Å². The molecule has 0 saturated heterocycles. The molecule has 0 saturated carbocycles. The van der Waals surface area contributed by atoms with Gasteiger partial charge in [-0.15, -0.1) is 10.2 Å². The van der Waals surface area contributed by atoms with Gasteiger partial charge in [0.1, 0.15) is 23.9 Å². The van der Waals surface area contributed by atoms with Crippen molar-refractivity contribution in [3.63, 3.8) is 0 Å². The first-order chi connectivity index (χ1) is 15.1. The van der Waals surface area contributed by atoms with Crippen molar-refractivity contribution in [1.82, 2.24) is 15.2 Å². The molecule has 4 aromatic rings. The van der Waals surface area contributed by atoms with Crippen LogP contribution in [0.4, 0.5) is 0 Å². The van der Waals surface area contributed by atoms with Crippen LogP contribution in [-0.2, 0) is 11.4 Å². The van der Waals surface area contributed by atoms with Gasteiger partial charge in [-0.2, -0.15) is 5.26 Å². The zero-order chi connectivity index (χ0) is 21.6. The van der Waals surface area contributed by atoms with E-state index in [1.165, 1.54) is 18.7 Å². The molecule has 7 nitrogen and oxygen atoms in total. The Labute approximate surface area is 183 Å². The van der Waals surface area contributed by atoms with Crippen LogP contribution in [-0.4, -0.2) is 26.7 Å². The molecule has 0 atom stereocenters. The minimum Gasteiger partial charge on any atom is -0.489 e. The van der Waals surface area contributed by atoms with Crippen molar-refractivity contribution >= 4 is 17.5 Å². The predicted molar refractivity (Wildman–Crippen MR) is 116 cm³/mol. The second-order valence-electron chi connectivity index (χ2n) is 6.76. The summed E-state index contributed by atoms with van der Waals surface area (Å²) in [5.41, 5.74) is 2.39.